The summed E-state index contributed by atoms with van der Waals surface area (Å²) in [6, 6.07) is 0.453. The number of carbonyl (C=O) groups is 1. The second-order valence-corrected chi connectivity index (χ2v) is 7.05. The predicted molar refractivity (Wildman–Crippen MR) is 81.4 cm³/mol. The molecule has 2 aliphatic rings. The van der Waals surface area contributed by atoms with E-state index in [0.717, 1.165) is 32.6 Å². The number of rotatable bonds is 4. The molecule has 0 spiro atoms. The van der Waals surface area contributed by atoms with Crippen molar-refractivity contribution in [3.8, 4) is 0 Å². The Morgan fingerprint density at radius 1 is 1.25 bits per heavy atom. The maximum Gasteiger partial charge on any atom is 0.225 e. The zero-order valence-corrected chi connectivity index (χ0v) is 13.6. The van der Waals surface area contributed by atoms with E-state index in [4.69, 9.17) is 4.74 Å². The number of ether oxygens (including phenoxy) is 1. The normalized spacial score (nSPS) is 29.9. The molecule has 0 aromatic carbocycles. The highest BCUT2D eigenvalue weighted by atomic mass is 16.5. The molecule has 0 aromatic rings. The Morgan fingerprint density at radius 3 is 2.45 bits per heavy atom. The molecule has 0 radical (unpaired) electrons. The third-order valence-corrected chi connectivity index (χ3v) is 5.42. The van der Waals surface area contributed by atoms with Crippen LogP contribution in [-0.2, 0) is 9.53 Å². The maximum atomic E-state index is 12.9. The van der Waals surface area contributed by atoms with Crippen LogP contribution in [0.5, 0.6) is 0 Å². The molecule has 2 saturated heterocycles. The molecule has 116 valence electrons. The topological polar surface area (TPSA) is 29.5 Å². The molecule has 2 aliphatic heterocycles. The summed E-state index contributed by atoms with van der Waals surface area (Å²) in [6.07, 6.45) is 4.48. The first-order chi connectivity index (χ1) is 9.54. The molecule has 3 nitrogen and oxygen atoms in total. The van der Waals surface area contributed by atoms with Gasteiger partial charge in [-0.25, -0.2) is 0 Å². The highest BCUT2D eigenvalue weighted by Crippen LogP contribution is 2.33. The Balaban J connectivity index is 2.02. The van der Waals surface area contributed by atoms with Gasteiger partial charge >= 0.3 is 0 Å². The van der Waals surface area contributed by atoms with Crippen LogP contribution in [0.4, 0.5) is 0 Å². The van der Waals surface area contributed by atoms with E-state index in [0.29, 0.717) is 29.7 Å². The van der Waals surface area contributed by atoms with E-state index in [1.165, 1.54) is 12.8 Å². The van der Waals surface area contributed by atoms with Gasteiger partial charge in [0.15, 0.2) is 0 Å². The SMILES string of the molecule is CCC1C[C@@H](C(C)C)N(C(=O)C(C)C2CCOCC2)C1. The summed E-state index contributed by atoms with van der Waals surface area (Å²) in [7, 11) is 0. The standard InChI is InChI=1S/C17H31NO2/c1-5-14-10-16(12(2)3)18(11-14)17(19)13(4)15-6-8-20-9-7-15/h12-16H,5-11H2,1-4H3/t13?,14?,16-/m0/s1. The average molecular weight is 281 g/mol. The molecule has 0 bridgehead atoms. The monoisotopic (exact) mass is 281 g/mol. The van der Waals surface area contributed by atoms with E-state index in [1.54, 1.807) is 0 Å². The molecule has 2 fully saturated rings. The molecule has 2 unspecified atom stereocenters. The Morgan fingerprint density at radius 2 is 1.90 bits per heavy atom. The van der Waals surface area contributed by atoms with Crippen LogP contribution in [0, 0.1) is 23.7 Å². The van der Waals surface area contributed by atoms with E-state index in [9.17, 15) is 4.79 Å². The van der Waals surface area contributed by atoms with Crippen molar-refractivity contribution in [3.05, 3.63) is 0 Å². The van der Waals surface area contributed by atoms with Crippen molar-refractivity contribution in [1.29, 1.82) is 0 Å². The van der Waals surface area contributed by atoms with Crippen molar-refractivity contribution < 1.29 is 9.53 Å². The lowest BCUT2D eigenvalue weighted by Gasteiger charge is -2.34. The van der Waals surface area contributed by atoms with Crippen LogP contribution in [0.2, 0.25) is 0 Å². The van der Waals surface area contributed by atoms with Gasteiger partial charge in [0.05, 0.1) is 0 Å². The van der Waals surface area contributed by atoms with Gasteiger partial charge in [-0.2, -0.15) is 0 Å². The maximum absolute atomic E-state index is 12.9. The van der Waals surface area contributed by atoms with E-state index in [2.05, 4.69) is 32.6 Å². The van der Waals surface area contributed by atoms with Crippen molar-refractivity contribution in [2.45, 2.75) is 59.4 Å². The first-order valence-corrected chi connectivity index (χ1v) is 8.42. The Bertz CT molecular complexity index is 323. The number of likely N-dealkylation sites (tertiary alicyclic amines) is 1. The van der Waals surface area contributed by atoms with E-state index in [-0.39, 0.29) is 5.92 Å². The number of carbonyl (C=O) groups excluding carboxylic acids is 1. The van der Waals surface area contributed by atoms with Gasteiger partial charge in [0, 0.05) is 31.7 Å². The summed E-state index contributed by atoms with van der Waals surface area (Å²) < 4.78 is 5.42. The molecule has 3 heteroatoms. The molecular formula is C17H31NO2. The van der Waals surface area contributed by atoms with Gasteiger partial charge in [0.25, 0.3) is 0 Å². The van der Waals surface area contributed by atoms with Gasteiger partial charge in [-0.1, -0.05) is 34.1 Å². The van der Waals surface area contributed by atoms with Crippen molar-refractivity contribution in [2.75, 3.05) is 19.8 Å². The first kappa shape index (κ1) is 15.8. The average Bonchev–Trinajstić information content (AvgIpc) is 2.91. The van der Waals surface area contributed by atoms with E-state index in [1.807, 2.05) is 0 Å². The number of hydrogen-bond donors (Lipinski definition) is 0. The molecule has 0 aromatic heterocycles. The highest BCUT2D eigenvalue weighted by molar-refractivity contribution is 5.79. The van der Waals surface area contributed by atoms with E-state index >= 15 is 0 Å². The fraction of sp³-hybridized carbons (Fsp3) is 0.941. The van der Waals surface area contributed by atoms with Crippen LogP contribution in [0.3, 0.4) is 0 Å². The Kier molecular flexibility index (Phi) is 5.48. The third-order valence-electron chi connectivity index (χ3n) is 5.42. The quantitative estimate of drug-likeness (QED) is 0.791. The second-order valence-electron chi connectivity index (χ2n) is 7.05. The summed E-state index contributed by atoms with van der Waals surface area (Å²) in [6.45, 7) is 11.5. The zero-order valence-electron chi connectivity index (χ0n) is 13.6. The number of amides is 1. The molecule has 3 atom stereocenters. The van der Waals surface area contributed by atoms with Crippen LogP contribution in [0.15, 0.2) is 0 Å². The van der Waals surface area contributed by atoms with Crippen LogP contribution in [-0.4, -0.2) is 36.6 Å². The Labute approximate surface area is 124 Å². The number of nitrogens with zero attached hydrogens (tertiary/aromatic N) is 1. The highest BCUT2D eigenvalue weighted by Gasteiger charge is 2.39. The minimum Gasteiger partial charge on any atom is -0.381 e. The number of hydrogen-bond acceptors (Lipinski definition) is 2. The van der Waals surface area contributed by atoms with Crippen LogP contribution < -0.4 is 0 Å². The molecule has 2 heterocycles. The second kappa shape index (κ2) is 6.93. The molecule has 0 saturated carbocycles. The van der Waals surface area contributed by atoms with Gasteiger partial charge in [0.1, 0.15) is 0 Å². The lowest BCUT2D eigenvalue weighted by atomic mass is 9.86. The summed E-state index contributed by atoms with van der Waals surface area (Å²) in [4.78, 5) is 15.1. The third kappa shape index (κ3) is 3.36. The van der Waals surface area contributed by atoms with Crippen molar-refractivity contribution in [3.63, 3.8) is 0 Å². The molecular weight excluding hydrogens is 250 g/mol. The lowest BCUT2D eigenvalue weighted by Crippen LogP contribution is -2.44. The molecule has 2 rings (SSSR count). The molecule has 20 heavy (non-hydrogen) atoms. The molecule has 1 amide bonds. The largest absolute Gasteiger partial charge is 0.381 e. The van der Waals surface area contributed by atoms with Gasteiger partial charge in [-0.3, -0.25) is 4.79 Å². The predicted octanol–water partition coefficient (Wildman–Crippen LogP) is 3.33. The smallest absolute Gasteiger partial charge is 0.225 e. The van der Waals surface area contributed by atoms with Gasteiger partial charge in [0.2, 0.25) is 5.91 Å². The summed E-state index contributed by atoms with van der Waals surface area (Å²) in [5, 5.41) is 0. The minimum atomic E-state index is 0.163. The van der Waals surface area contributed by atoms with Crippen LogP contribution in [0.25, 0.3) is 0 Å². The van der Waals surface area contributed by atoms with Crippen LogP contribution in [0.1, 0.15) is 53.4 Å². The van der Waals surface area contributed by atoms with Gasteiger partial charge in [-0.05, 0) is 37.0 Å². The summed E-state index contributed by atoms with van der Waals surface area (Å²) in [5.41, 5.74) is 0. The van der Waals surface area contributed by atoms with Crippen molar-refractivity contribution in [2.24, 2.45) is 23.7 Å². The van der Waals surface area contributed by atoms with Crippen molar-refractivity contribution >= 4 is 5.91 Å². The van der Waals surface area contributed by atoms with Gasteiger partial charge < -0.3 is 9.64 Å². The Hall–Kier alpha value is -0.570. The summed E-state index contributed by atoms with van der Waals surface area (Å²) in [5.74, 6) is 2.35. The van der Waals surface area contributed by atoms with Gasteiger partial charge in [-0.15, -0.1) is 0 Å². The minimum absolute atomic E-state index is 0.163. The van der Waals surface area contributed by atoms with Crippen LogP contribution >= 0.6 is 0 Å². The first-order valence-electron chi connectivity index (χ1n) is 8.42. The fourth-order valence-electron chi connectivity index (χ4n) is 3.82. The van der Waals surface area contributed by atoms with E-state index < -0.39 is 0 Å². The fourth-order valence-corrected chi connectivity index (χ4v) is 3.82. The molecule has 0 aliphatic carbocycles. The zero-order chi connectivity index (χ0) is 14.7. The summed E-state index contributed by atoms with van der Waals surface area (Å²) >= 11 is 0. The lowest BCUT2D eigenvalue weighted by molar-refractivity contribution is -0.139. The van der Waals surface area contributed by atoms with Crippen molar-refractivity contribution in [1.82, 2.24) is 4.90 Å². The molecule has 0 N–H and O–H groups in total.